The van der Waals surface area contributed by atoms with Crippen molar-refractivity contribution in [3.63, 3.8) is 0 Å². The molecule has 0 bridgehead atoms. The van der Waals surface area contributed by atoms with Crippen LogP contribution in [0, 0.1) is 6.92 Å². The summed E-state index contributed by atoms with van der Waals surface area (Å²) in [5.74, 6) is 1.04. The number of nitrogens with two attached hydrogens (primary N) is 1. The van der Waals surface area contributed by atoms with Gasteiger partial charge in [0.15, 0.2) is 6.10 Å². The SMILES string of the molecule is Cc1cc(OC(C)C(=O)NCC(C)(C)N)ccc1C(C)C. The second kappa shape index (κ2) is 6.94. The minimum Gasteiger partial charge on any atom is -0.481 e. The maximum atomic E-state index is 12.0. The van der Waals surface area contributed by atoms with Crippen molar-refractivity contribution in [1.29, 1.82) is 0 Å². The van der Waals surface area contributed by atoms with Crippen molar-refractivity contribution in [2.75, 3.05) is 6.54 Å². The summed E-state index contributed by atoms with van der Waals surface area (Å²) in [5, 5.41) is 2.80. The highest BCUT2D eigenvalue weighted by Crippen LogP contribution is 2.24. The third-order valence-corrected chi connectivity index (χ3v) is 3.26. The molecule has 21 heavy (non-hydrogen) atoms. The van der Waals surface area contributed by atoms with Crippen molar-refractivity contribution in [3.8, 4) is 5.75 Å². The van der Waals surface area contributed by atoms with Crippen LogP contribution in [-0.2, 0) is 4.79 Å². The Morgan fingerprint density at radius 1 is 1.33 bits per heavy atom. The van der Waals surface area contributed by atoms with Gasteiger partial charge in [0.05, 0.1) is 0 Å². The van der Waals surface area contributed by atoms with E-state index < -0.39 is 11.6 Å². The van der Waals surface area contributed by atoms with Crippen LogP contribution in [0.15, 0.2) is 18.2 Å². The first-order valence-electron chi connectivity index (χ1n) is 7.44. The molecule has 1 atom stereocenters. The normalized spacial score (nSPS) is 13.1. The Morgan fingerprint density at radius 3 is 2.43 bits per heavy atom. The quantitative estimate of drug-likeness (QED) is 0.847. The van der Waals surface area contributed by atoms with E-state index in [4.69, 9.17) is 10.5 Å². The van der Waals surface area contributed by atoms with Crippen molar-refractivity contribution in [2.45, 2.75) is 59.1 Å². The van der Waals surface area contributed by atoms with E-state index in [1.165, 1.54) is 11.1 Å². The molecule has 1 amide bonds. The molecule has 1 rings (SSSR count). The molecular formula is C17H28N2O2. The molecule has 0 spiro atoms. The molecule has 1 aromatic carbocycles. The number of rotatable bonds is 6. The van der Waals surface area contributed by atoms with Gasteiger partial charge in [-0.05, 0) is 56.9 Å². The van der Waals surface area contributed by atoms with Crippen molar-refractivity contribution >= 4 is 5.91 Å². The van der Waals surface area contributed by atoms with Gasteiger partial charge in [-0.25, -0.2) is 0 Å². The molecule has 1 unspecified atom stereocenters. The minimum absolute atomic E-state index is 0.154. The average molecular weight is 292 g/mol. The highest BCUT2D eigenvalue weighted by atomic mass is 16.5. The molecule has 4 nitrogen and oxygen atoms in total. The molecule has 0 saturated carbocycles. The van der Waals surface area contributed by atoms with Crippen LogP contribution in [-0.4, -0.2) is 24.1 Å². The summed E-state index contributed by atoms with van der Waals surface area (Å²) < 4.78 is 5.70. The molecule has 0 saturated heterocycles. The Bertz CT molecular complexity index is 490. The van der Waals surface area contributed by atoms with Crippen LogP contribution in [0.3, 0.4) is 0 Å². The molecule has 4 heteroatoms. The van der Waals surface area contributed by atoms with Crippen LogP contribution in [0.4, 0.5) is 0 Å². The van der Waals surface area contributed by atoms with Crippen molar-refractivity contribution in [3.05, 3.63) is 29.3 Å². The number of carbonyl (C=O) groups excluding carboxylic acids is 1. The summed E-state index contributed by atoms with van der Waals surface area (Å²) in [5.41, 5.74) is 7.89. The van der Waals surface area contributed by atoms with Crippen LogP contribution < -0.4 is 15.8 Å². The smallest absolute Gasteiger partial charge is 0.260 e. The minimum atomic E-state index is -0.545. The number of aryl methyl sites for hydroxylation is 1. The summed E-state index contributed by atoms with van der Waals surface area (Å²) in [7, 11) is 0. The second-order valence-corrected chi connectivity index (χ2v) is 6.64. The molecule has 1 aromatic rings. The molecule has 0 aliphatic rings. The van der Waals surface area contributed by atoms with E-state index in [9.17, 15) is 4.79 Å². The zero-order valence-corrected chi connectivity index (χ0v) is 14.0. The van der Waals surface area contributed by atoms with Crippen molar-refractivity contribution < 1.29 is 9.53 Å². The second-order valence-electron chi connectivity index (χ2n) is 6.64. The van der Waals surface area contributed by atoms with Crippen LogP contribution in [0.25, 0.3) is 0 Å². The number of benzene rings is 1. The topological polar surface area (TPSA) is 64.3 Å². The van der Waals surface area contributed by atoms with Crippen LogP contribution in [0.5, 0.6) is 5.75 Å². The molecule has 118 valence electrons. The number of hydrogen-bond donors (Lipinski definition) is 2. The van der Waals surface area contributed by atoms with Gasteiger partial charge >= 0.3 is 0 Å². The first kappa shape index (κ1) is 17.5. The lowest BCUT2D eigenvalue weighted by Crippen LogP contribution is -2.48. The summed E-state index contributed by atoms with van der Waals surface area (Å²) in [6.07, 6.45) is -0.545. The van der Waals surface area contributed by atoms with E-state index in [1.54, 1.807) is 6.92 Å². The molecule has 0 heterocycles. The predicted octanol–water partition coefficient (Wildman–Crippen LogP) is 2.74. The maximum Gasteiger partial charge on any atom is 0.260 e. The maximum absolute atomic E-state index is 12.0. The van der Waals surface area contributed by atoms with E-state index >= 15 is 0 Å². The fourth-order valence-electron chi connectivity index (χ4n) is 2.09. The zero-order chi connectivity index (χ0) is 16.2. The first-order valence-corrected chi connectivity index (χ1v) is 7.44. The molecular weight excluding hydrogens is 264 g/mol. The Morgan fingerprint density at radius 2 is 1.95 bits per heavy atom. The number of nitrogens with one attached hydrogen (secondary N) is 1. The summed E-state index contributed by atoms with van der Waals surface area (Å²) in [6, 6.07) is 5.95. The van der Waals surface area contributed by atoms with Gasteiger partial charge in [-0.3, -0.25) is 4.79 Å². The van der Waals surface area contributed by atoms with Gasteiger partial charge in [0.2, 0.25) is 0 Å². The van der Waals surface area contributed by atoms with Crippen molar-refractivity contribution in [2.24, 2.45) is 5.73 Å². The van der Waals surface area contributed by atoms with Crippen LogP contribution >= 0.6 is 0 Å². The zero-order valence-electron chi connectivity index (χ0n) is 14.0. The highest BCUT2D eigenvalue weighted by Gasteiger charge is 2.18. The standard InChI is InChI=1S/C17H28N2O2/c1-11(2)15-8-7-14(9-12(15)3)21-13(4)16(20)19-10-17(5,6)18/h7-9,11,13H,10,18H2,1-6H3,(H,19,20). The fraction of sp³-hybridized carbons (Fsp3) is 0.588. The lowest BCUT2D eigenvalue weighted by Gasteiger charge is -2.21. The summed E-state index contributed by atoms with van der Waals surface area (Å²) in [6.45, 7) is 12.3. The number of ether oxygens (including phenoxy) is 1. The van der Waals surface area contributed by atoms with Crippen molar-refractivity contribution in [1.82, 2.24) is 5.32 Å². The van der Waals surface area contributed by atoms with E-state index in [0.717, 1.165) is 0 Å². The lowest BCUT2D eigenvalue weighted by molar-refractivity contribution is -0.127. The number of amides is 1. The van der Waals surface area contributed by atoms with E-state index in [1.807, 2.05) is 26.0 Å². The summed E-state index contributed by atoms with van der Waals surface area (Å²) in [4.78, 5) is 12.0. The van der Waals surface area contributed by atoms with Gasteiger partial charge in [0.25, 0.3) is 5.91 Å². The molecule has 0 aliphatic heterocycles. The molecule has 0 aromatic heterocycles. The first-order chi connectivity index (χ1) is 9.60. The molecule has 0 aliphatic carbocycles. The lowest BCUT2D eigenvalue weighted by atomic mass is 9.98. The van der Waals surface area contributed by atoms with E-state index in [0.29, 0.717) is 18.2 Å². The van der Waals surface area contributed by atoms with E-state index in [-0.39, 0.29) is 5.91 Å². The Balaban J connectivity index is 2.64. The summed E-state index contributed by atoms with van der Waals surface area (Å²) >= 11 is 0. The average Bonchev–Trinajstić information content (AvgIpc) is 2.34. The third-order valence-electron chi connectivity index (χ3n) is 3.26. The number of carbonyl (C=O) groups is 1. The number of hydrogen-bond acceptors (Lipinski definition) is 3. The van der Waals surface area contributed by atoms with Gasteiger partial charge in [0.1, 0.15) is 5.75 Å². The van der Waals surface area contributed by atoms with Gasteiger partial charge in [0, 0.05) is 12.1 Å². The predicted molar refractivity (Wildman–Crippen MR) is 86.6 cm³/mol. The molecule has 0 fully saturated rings. The van der Waals surface area contributed by atoms with Crippen LogP contribution in [0.1, 0.15) is 51.7 Å². The highest BCUT2D eigenvalue weighted by molar-refractivity contribution is 5.80. The largest absolute Gasteiger partial charge is 0.481 e. The van der Waals surface area contributed by atoms with E-state index in [2.05, 4.69) is 32.2 Å². The third kappa shape index (κ3) is 5.76. The Labute approximate surface area is 128 Å². The van der Waals surface area contributed by atoms with Crippen LogP contribution in [0.2, 0.25) is 0 Å². The molecule has 0 radical (unpaired) electrons. The molecule has 3 N–H and O–H groups in total. The Hall–Kier alpha value is -1.55. The van der Waals surface area contributed by atoms with Gasteiger partial charge in [-0.2, -0.15) is 0 Å². The van der Waals surface area contributed by atoms with Gasteiger partial charge in [-0.1, -0.05) is 19.9 Å². The Kier molecular flexibility index (Phi) is 5.78. The monoisotopic (exact) mass is 292 g/mol. The van der Waals surface area contributed by atoms with Gasteiger partial charge < -0.3 is 15.8 Å². The fourth-order valence-corrected chi connectivity index (χ4v) is 2.09. The van der Waals surface area contributed by atoms with Gasteiger partial charge in [-0.15, -0.1) is 0 Å².